The predicted molar refractivity (Wildman–Crippen MR) is 113 cm³/mol. The maximum atomic E-state index is 12.3. The van der Waals surface area contributed by atoms with E-state index in [4.69, 9.17) is 9.47 Å². The number of imide groups is 1. The molecular formula is C20H20BrNO6S. The van der Waals surface area contributed by atoms with Gasteiger partial charge in [0, 0.05) is 15.6 Å². The van der Waals surface area contributed by atoms with Crippen LogP contribution in [0.4, 0.5) is 4.79 Å². The van der Waals surface area contributed by atoms with Crippen molar-refractivity contribution in [2.45, 2.75) is 18.9 Å². The summed E-state index contributed by atoms with van der Waals surface area (Å²) in [4.78, 5) is 35.6. The third-order valence-corrected chi connectivity index (χ3v) is 4.59. The van der Waals surface area contributed by atoms with E-state index in [0.29, 0.717) is 22.0 Å². The zero-order valence-corrected chi connectivity index (χ0v) is 17.8. The van der Waals surface area contributed by atoms with Gasteiger partial charge in [-0.15, -0.1) is 0 Å². The predicted octanol–water partition coefficient (Wildman–Crippen LogP) is 4.02. The largest absolute Gasteiger partial charge is 0.508 e. The van der Waals surface area contributed by atoms with Crippen LogP contribution in [0.15, 0.2) is 53.0 Å². The molecule has 7 nitrogen and oxygen atoms in total. The summed E-state index contributed by atoms with van der Waals surface area (Å²) in [6, 6.07) is 13.0. The molecular weight excluding hydrogens is 462 g/mol. The van der Waals surface area contributed by atoms with Crippen LogP contribution in [0.25, 0.3) is 0 Å². The van der Waals surface area contributed by atoms with E-state index in [-0.39, 0.29) is 24.5 Å². The van der Waals surface area contributed by atoms with Crippen molar-refractivity contribution in [2.75, 3.05) is 12.4 Å². The molecule has 0 radical (unpaired) electrons. The Bertz CT molecular complexity index is 861. The maximum Gasteiger partial charge on any atom is 0.414 e. The molecule has 2 aromatic carbocycles. The number of rotatable bonds is 8. The van der Waals surface area contributed by atoms with Gasteiger partial charge in [-0.3, -0.25) is 14.9 Å². The second kappa shape index (κ2) is 11.5. The van der Waals surface area contributed by atoms with Crippen LogP contribution in [0.3, 0.4) is 0 Å². The number of ether oxygens (including phenoxy) is 2. The zero-order chi connectivity index (χ0) is 21.2. The number of phenols is 1. The highest BCUT2D eigenvalue weighted by atomic mass is 79.9. The molecule has 2 N–H and O–H groups in total. The fraction of sp³-hybridized carbons (Fsp3) is 0.250. The molecule has 0 aliphatic carbocycles. The van der Waals surface area contributed by atoms with Crippen molar-refractivity contribution in [1.29, 1.82) is 0 Å². The molecule has 0 heterocycles. The van der Waals surface area contributed by atoms with Crippen molar-refractivity contribution in [2.24, 2.45) is 0 Å². The molecule has 0 fully saturated rings. The van der Waals surface area contributed by atoms with Gasteiger partial charge < -0.3 is 14.6 Å². The summed E-state index contributed by atoms with van der Waals surface area (Å²) in [5.41, 5.74) is 0.673. The molecule has 0 aliphatic rings. The lowest BCUT2D eigenvalue weighted by atomic mass is 10.0. The summed E-state index contributed by atoms with van der Waals surface area (Å²) < 4.78 is 11.0. The monoisotopic (exact) mass is 481 g/mol. The van der Waals surface area contributed by atoms with Crippen molar-refractivity contribution in [3.8, 4) is 5.75 Å². The SMILES string of the molecule is O=C(CS)OCCC[C@H](OC(=O)NC(=O)c1ccccc1)c1cc(Br)ccc1O. The number of hydrogen-bond acceptors (Lipinski definition) is 7. The highest BCUT2D eigenvalue weighted by molar-refractivity contribution is 9.10. The molecule has 154 valence electrons. The normalized spacial score (nSPS) is 11.4. The first kappa shape index (κ1) is 22.8. The first-order valence-corrected chi connectivity index (χ1v) is 10.1. The number of hydrogen-bond donors (Lipinski definition) is 3. The van der Waals surface area contributed by atoms with Crippen LogP contribution in [-0.4, -0.2) is 35.4 Å². The highest BCUT2D eigenvalue weighted by Gasteiger charge is 2.22. The smallest absolute Gasteiger partial charge is 0.414 e. The molecule has 0 saturated heterocycles. The minimum atomic E-state index is -0.949. The average Bonchev–Trinajstić information content (AvgIpc) is 2.72. The quantitative estimate of drug-likeness (QED) is 0.299. The lowest BCUT2D eigenvalue weighted by Crippen LogP contribution is -2.32. The van der Waals surface area contributed by atoms with E-state index >= 15 is 0 Å². The van der Waals surface area contributed by atoms with Crippen molar-refractivity contribution in [1.82, 2.24) is 5.32 Å². The van der Waals surface area contributed by atoms with Crippen LogP contribution >= 0.6 is 28.6 Å². The fourth-order valence-electron chi connectivity index (χ4n) is 2.47. The standard InChI is InChI=1S/C20H20BrNO6S/c21-14-8-9-16(23)15(11-14)17(7-4-10-27-18(24)12-29)28-20(26)22-19(25)13-5-2-1-3-6-13/h1-3,5-6,8-9,11,17,23,29H,4,7,10,12H2,(H,22,25,26)/t17-/m0/s1. The summed E-state index contributed by atoms with van der Waals surface area (Å²) >= 11 is 7.14. The number of carbonyl (C=O) groups excluding carboxylic acids is 3. The first-order valence-electron chi connectivity index (χ1n) is 8.72. The van der Waals surface area contributed by atoms with E-state index < -0.39 is 24.1 Å². The number of esters is 1. The van der Waals surface area contributed by atoms with Crippen LogP contribution in [-0.2, 0) is 14.3 Å². The van der Waals surface area contributed by atoms with Crippen LogP contribution in [0.5, 0.6) is 5.75 Å². The average molecular weight is 482 g/mol. The van der Waals surface area contributed by atoms with Crippen molar-refractivity contribution in [3.05, 3.63) is 64.1 Å². The molecule has 9 heteroatoms. The molecule has 0 bridgehead atoms. The number of benzene rings is 2. The summed E-state index contributed by atoms with van der Waals surface area (Å²) in [7, 11) is 0. The van der Waals surface area contributed by atoms with E-state index in [1.165, 1.54) is 6.07 Å². The van der Waals surface area contributed by atoms with Gasteiger partial charge in [0.15, 0.2) is 0 Å². The zero-order valence-electron chi connectivity index (χ0n) is 15.3. The van der Waals surface area contributed by atoms with Gasteiger partial charge in [0.2, 0.25) is 0 Å². The number of amides is 2. The third kappa shape index (κ3) is 7.43. The molecule has 0 unspecified atom stereocenters. The Kier molecular flexibility index (Phi) is 9.01. The Morgan fingerprint density at radius 1 is 1.14 bits per heavy atom. The van der Waals surface area contributed by atoms with Crippen molar-refractivity contribution < 1.29 is 29.0 Å². The Balaban J connectivity index is 2.05. The van der Waals surface area contributed by atoms with Gasteiger partial charge in [0.05, 0.1) is 12.4 Å². The third-order valence-electron chi connectivity index (χ3n) is 3.84. The summed E-state index contributed by atoms with van der Waals surface area (Å²) in [6.07, 6.45) is -1.17. The Hall–Kier alpha value is -2.52. The molecule has 0 aliphatic heterocycles. The molecule has 0 aromatic heterocycles. The lowest BCUT2D eigenvalue weighted by molar-refractivity contribution is -0.140. The minimum Gasteiger partial charge on any atom is -0.508 e. The topological polar surface area (TPSA) is 102 Å². The van der Waals surface area contributed by atoms with Crippen LogP contribution < -0.4 is 5.32 Å². The summed E-state index contributed by atoms with van der Waals surface area (Å²) in [5.74, 6) is -1.15. The van der Waals surface area contributed by atoms with Gasteiger partial charge >= 0.3 is 12.1 Å². The number of halogens is 1. The Morgan fingerprint density at radius 3 is 2.55 bits per heavy atom. The molecule has 2 amide bonds. The Labute approximate surface area is 181 Å². The van der Waals surface area contributed by atoms with Gasteiger partial charge in [-0.05, 0) is 43.2 Å². The van der Waals surface area contributed by atoms with Crippen molar-refractivity contribution >= 4 is 46.5 Å². The first-order chi connectivity index (χ1) is 13.9. The van der Waals surface area contributed by atoms with Crippen LogP contribution in [0.1, 0.15) is 34.9 Å². The summed E-state index contributed by atoms with van der Waals surface area (Å²) in [6.45, 7) is 0.110. The van der Waals surface area contributed by atoms with Crippen molar-refractivity contribution in [3.63, 3.8) is 0 Å². The summed E-state index contributed by atoms with van der Waals surface area (Å²) in [5, 5.41) is 12.3. The second-order valence-electron chi connectivity index (χ2n) is 5.94. The van der Waals surface area contributed by atoms with Crippen LogP contribution in [0, 0.1) is 0 Å². The number of phenolic OH excluding ortho intramolecular Hbond substituents is 1. The maximum absolute atomic E-state index is 12.3. The Morgan fingerprint density at radius 2 is 1.86 bits per heavy atom. The number of aromatic hydroxyl groups is 1. The number of alkyl carbamates (subject to hydrolysis) is 1. The molecule has 2 aromatic rings. The van der Waals surface area contributed by atoms with E-state index in [9.17, 15) is 19.5 Å². The van der Waals surface area contributed by atoms with Gasteiger partial charge in [0.1, 0.15) is 11.9 Å². The molecule has 29 heavy (non-hydrogen) atoms. The molecule has 0 spiro atoms. The highest BCUT2D eigenvalue weighted by Crippen LogP contribution is 2.32. The number of nitrogens with one attached hydrogen (secondary N) is 1. The fourth-order valence-corrected chi connectivity index (χ4v) is 2.94. The van der Waals surface area contributed by atoms with E-state index in [2.05, 4.69) is 33.9 Å². The van der Waals surface area contributed by atoms with E-state index in [1.807, 2.05) is 0 Å². The van der Waals surface area contributed by atoms with Gasteiger partial charge in [0.25, 0.3) is 5.91 Å². The van der Waals surface area contributed by atoms with Crippen LogP contribution in [0.2, 0.25) is 0 Å². The van der Waals surface area contributed by atoms with Gasteiger partial charge in [-0.2, -0.15) is 12.6 Å². The number of thiol groups is 1. The molecule has 2 rings (SSSR count). The molecule has 0 saturated carbocycles. The lowest BCUT2D eigenvalue weighted by Gasteiger charge is -2.19. The van der Waals surface area contributed by atoms with Gasteiger partial charge in [-0.25, -0.2) is 4.79 Å². The second-order valence-corrected chi connectivity index (χ2v) is 7.17. The number of carbonyl (C=O) groups is 3. The van der Waals surface area contributed by atoms with E-state index in [1.54, 1.807) is 42.5 Å². The van der Waals surface area contributed by atoms with E-state index in [0.717, 1.165) is 0 Å². The minimum absolute atomic E-state index is 0.0314. The van der Waals surface area contributed by atoms with Gasteiger partial charge in [-0.1, -0.05) is 34.1 Å². The molecule has 1 atom stereocenters.